The van der Waals surface area contributed by atoms with E-state index in [1.165, 1.54) is 0 Å². The van der Waals surface area contributed by atoms with E-state index in [4.69, 9.17) is 14.3 Å². The highest BCUT2D eigenvalue weighted by molar-refractivity contribution is 6.74. The van der Waals surface area contributed by atoms with Crippen molar-refractivity contribution in [2.45, 2.75) is 69.1 Å². The van der Waals surface area contributed by atoms with Crippen LogP contribution in [-0.4, -0.2) is 77.3 Å². The molecule has 126 valence electrons. The van der Waals surface area contributed by atoms with Crippen molar-refractivity contribution in [3.8, 4) is 0 Å². The first kappa shape index (κ1) is 19.0. The summed E-state index contributed by atoms with van der Waals surface area (Å²) in [7, 11) is -2.19. The van der Waals surface area contributed by atoms with Crippen LogP contribution in [0, 0.1) is 0 Å². The molecule has 1 heterocycles. The first-order valence-electron chi connectivity index (χ1n) is 7.05. The first-order valence-corrected chi connectivity index (χ1v) is 9.96. The zero-order valence-corrected chi connectivity index (χ0v) is 14.3. The molecule has 8 heteroatoms. The van der Waals surface area contributed by atoms with Crippen LogP contribution in [0.1, 0.15) is 20.8 Å². The molecule has 0 aliphatic carbocycles. The predicted octanol–water partition coefficient (Wildman–Crippen LogP) is -0.829. The Bertz CT molecular complexity index is 355. The molecule has 5 N–H and O–H groups in total. The number of ether oxygens (including phenoxy) is 1. The van der Waals surface area contributed by atoms with E-state index < -0.39 is 45.1 Å². The van der Waals surface area contributed by atoms with Gasteiger partial charge >= 0.3 is 0 Å². The van der Waals surface area contributed by atoms with E-state index in [1.807, 2.05) is 33.9 Å². The molecule has 21 heavy (non-hydrogen) atoms. The molecule has 1 fully saturated rings. The molecule has 0 amide bonds. The van der Waals surface area contributed by atoms with Crippen molar-refractivity contribution in [1.29, 1.82) is 0 Å². The van der Waals surface area contributed by atoms with E-state index in [0.717, 1.165) is 0 Å². The highest BCUT2D eigenvalue weighted by Crippen LogP contribution is 2.38. The summed E-state index contributed by atoms with van der Waals surface area (Å²) in [4.78, 5) is 0. The van der Waals surface area contributed by atoms with Crippen LogP contribution in [0.5, 0.6) is 0 Å². The van der Waals surface area contributed by atoms with Gasteiger partial charge in [0.25, 0.3) is 0 Å². The summed E-state index contributed by atoms with van der Waals surface area (Å²) in [6.07, 6.45) is -6.00. The molecule has 0 saturated carbocycles. The van der Waals surface area contributed by atoms with Crippen LogP contribution in [0.2, 0.25) is 18.1 Å². The summed E-state index contributed by atoms with van der Waals surface area (Å²) in [6.45, 7) is 9.09. The van der Waals surface area contributed by atoms with Gasteiger partial charge in [0, 0.05) is 0 Å². The lowest BCUT2D eigenvalue weighted by atomic mass is 9.93. The highest BCUT2D eigenvalue weighted by atomic mass is 28.4. The van der Waals surface area contributed by atoms with Gasteiger partial charge in [0.05, 0.1) is 13.2 Å². The monoisotopic (exact) mass is 324 g/mol. The Hall–Kier alpha value is -0.0631. The summed E-state index contributed by atoms with van der Waals surface area (Å²) in [6, 6.07) is 0. The second-order valence-corrected chi connectivity index (χ2v) is 12.0. The molecule has 0 unspecified atom stereocenters. The van der Waals surface area contributed by atoms with Crippen LogP contribution in [0.15, 0.2) is 0 Å². The first-order chi connectivity index (χ1) is 9.35. The Morgan fingerprint density at radius 3 is 2.10 bits per heavy atom. The SMILES string of the molecule is CC(C)(C)[Si](C)(C)OC[C@]1(O)O[C@H](CO)[C@H](O)[C@H](O)[C@H]1O. The predicted molar refractivity (Wildman–Crippen MR) is 78.1 cm³/mol. The molecule has 7 nitrogen and oxygen atoms in total. The van der Waals surface area contributed by atoms with E-state index in [-0.39, 0.29) is 11.6 Å². The van der Waals surface area contributed by atoms with Crippen LogP contribution in [0.25, 0.3) is 0 Å². The Morgan fingerprint density at radius 1 is 1.14 bits per heavy atom. The van der Waals surface area contributed by atoms with E-state index in [2.05, 4.69) is 0 Å². The Kier molecular flexibility index (Phi) is 5.61. The fraction of sp³-hybridized carbons (Fsp3) is 1.00. The van der Waals surface area contributed by atoms with Crippen LogP contribution < -0.4 is 0 Å². The molecule has 0 aromatic carbocycles. The van der Waals surface area contributed by atoms with Gasteiger partial charge in [-0.2, -0.15) is 0 Å². The maximum Gasteiger partial charge on any atom is 0.218 e. The third kappa shape index (κ3) is 3.83. The second-order valence-electron chi connectivity index (χ2n) is 7.16. The Balaban J connectivity index is 2.85. The Labute approximate surface area is 126 Å². The third-order valence-electron chi connectivity index (χ3n) is 4.50. The molecular weight excluding hydrogens is 296 g/mol. The topological polar surface area (TPSA) is 120 Å². The highest BCUT2D eigenvalue weighted by Gasteiger charge is 2.53. The fourth-order valence-corrected chi connectivity index (χ4v) is 2.84. The van der Waals surface area contributed by atoms with Gasteiger partial charge in [-0.05, 0) is 18.1 Å². The van der Waals surface area contributed by atoms with Crippen LogP contribution in [0.4, 0.5) is 0 Å². The number of hydrogen-bond acceptors (Lipinski definition) is 7. The minimum absolute atomic E-state index is 0.0997. The molecule has 0 aromatic heterocycles. The molecule has 1 rings (SSSR count). The molecule has 1 saturated heterocycles. The molecule has 1 aliphatic rings. The van der Waals surface area contributed by atoms with Gasteiger partial charge in [0.15, 0.2) is 8.32 Å². The maximum absolute atomic E-state index is 10.4. The maximum atomic E-state index is 10.4. The molecule has 0 bridgehead atoms. The summed E-state index contributed by atoms with van der Waals surface area (Å²) in [5.74, 6) is -2.17. The minimum Gasteiger partial charge on any atom is -0.411 e. The molecular formula is C13H28O7Si. The van der Waals surface area contributed by atoms with E-state index in [1.54, 1.807) is 0 Å². The molecule has 0 spiro atoms. The van der Waals surface area contributed by atoms with Crippen molar-refractivity contribution < 1.29 is 34.7 Å². The average Bonchev–Trinajstić information content (AvgIpc) is 2.37. The average molecular weight is 324 g/mol. The standard InChI is InChI=1S/C13H28O7Si/c1-12(2,3)21(4,5)19-7-13(18)11(17)10(16)9(15)8(6-14)20-13/h8-11,14-18H,6-7H2,1-5H3/t8-,9+,10+,11-,13+/m1/s1. The zero-order valence-electron chi connectivity index (χ0n) is 13.3. The zero-order chi connectivity index (χ0) is 16.6. The lowest BCUT2D eigenvalue weighted by molar-refractivity contribution is -0.356. The molecule has 0 aromatic rings. The summed E-state index contributed by atoms with van der Waals surface area (Å²) in [5, 5.41) is 48.8. The number of hydrogen-bond donors (Lipinski definition) is 5. The van der Waals surface area contributed by atoms with Crippen molar-refractivity contribution in [3.05, 3.63) is 0 Å². The quantitative estimate of drug-likeness (QED) is 0.428. The lowest BCUT2D eigenvalue weighted by Gasteiger charge is -2.47. The molecule has 0 radical (unpaired) electrons. The molecule has 5 atom stereocenters. The Morgan fingerprint density at radius 2 is 1.67 bits per heavy atom. The fourth-order valence-electron chi connectivity index (χ4n) is 1.84. The van der Waals surface area contributed by atoms with E-state index in [9.17, 15) is 20.4 Å². The van der Waals surface area contributed by atoms with Gasteiger partial charge in [0.2, 0.25) is 5.79 Å². The van der Waals surface area contributed by atoms with Gasteiger partial charge in [0.1, 0.15) is 24.4 Å². The van der Waals surface area contributed by atoms with Gasteiger partial charge < -0.3 is 34.7 Å². The van der Waals surface area contributed by atoms with Gasteiger partial charge in [-0.1, -0.05) is 20.8 Å². The van der Waals surface area contributed by atoms with Crippen molar-refractivity contribution in [1.82, 2.24) is 0 Å². The van der Waals surface area contributed by atoms with Crippen molar-refractivity contribution >= 4 is 8.32 Å². The summed E-state index contributed by atoms with van der Waals surface area (Å²) < 4.78 is 11.0. The lowest BCUT2D eigenvalue weighted by Crippen LogP contribution is -2.67. The number of aliphatic hydroxyl groups is 5. The number of rotatable bonds is 4. The van der Waals surface area contributed by atoms with Crippen LogP contribution in [0.3, 0.4) is 0 Å². The van der Waals surface area contributed by atoms with E-state index >= 15 is 0 Å². The van der Waals surface area contributed by atoms with Crippen LogP contribution >= 0.6 is 0 Å². The summed E-state index contributed by atoms with van der Waals surface area (Å²) in [5.41, 5.74) is 0. The minimum atomic E-state index is -2.19. The van der Waals surface area contributed by atoms with Gasteiger partial charge in [-0.3, -0.25) is 0 Å². The third-order valence-corrected chi connectivity index (χ3v) is 8.98. The normalized spacial score (nSPS) is 38.6. The smallest absolute Gasteiger partial charge is 0.218 e. The van der Waals surface area contributed by atoms with Gasteiger partial charge in [-0.15, -0.1) is 0 Å². The largest absolute Gasteiger partial charge is 0.411 e. The number of aliphatic hydroxyl groups excluding tert-OH is 4. The summed E-state index contributed by atoms with van der Waals surface area (Å²) >= 11 is 0. The van der Waals surface area contributed by atoms with Gasteiger partial charge in [-0.25, -0.2) is 0 Å². The van der Waals surface area contributed by atoms with Crippen molar-refractivity contribution in [2.24, 2.45) is 0 Å². The van der Waals surface area contributed by atoms with E-state index in [0.29, 0.717) is 0 Å². The van der Waals surface area contributed by atoms with Crippen molar-refractivity contribution in [3.63, 3.8) is 0 Å². The van der Waals surface area contributed by atoms with Crippen LogP contribution in [-0.2, 0) is 9.16 Å². The molecule has 1 aliphatic heterocycles. The second kappa shape index (κ2) is 6.21. The van der Waals surface area contributed by atoms with Crippen molar-refractivity contribution in [2.75, 3.05) is 13.2 Å².